The number of aliphatic carboxylic acids is 1. The van der Waals surface area contributed by atoms with E-state index in [4.69, 9.17) is 4.74 Å². The monoisotopic (exact) mass is 305 g/mol. The lowest BCUT2D eigenvalue weighted by Gasteiger charge is -2.37. The highest BCUT2D eigenvalue weighted by molar-refractivity contribution is 5.81. The number of amides is 1. The third-order valence-corrected chi connectivity index (χ3v) is 4.22. The van der Waals surface area contributed by atoms with Gasteiger partial charge in [-0.1, -0.05) is 24.3 Å². The van der Waals surface area contributed by atoms with Crippen molar-refractivity contribution in [3.05, 3.63) is 35.4 Å². The molecule has 0 bridgehead atoms. The molecule has 5 nitrogen and oxygen atoms in total. The number of likely N-dealkylation sites (tertiary alicyclic amines) is 1. The lowest BCUT2D eigenvalue weighted by Crippen LogP contribution is -2.48. The Balaban J connectivity index is 2.02. The van der Waals surface area contributed by atoms with E-state index in [-0.39, 0.29) is 5.91 Å². The van der Waals surface area contributed by atoms with Crippen molar-refractivity contribution in [1.82, 2.24) is 4.90 Å². The van der Waals surface area contributed by atoms with E-state index in [1.54, 1.807) is 18.9 Å². The number of piperidine rings is 1. The quantitative estimate of drug-likeness (QED) is 0.904. The van der Waals surface area contributed by atoms with E-state index in [1.165, 1.54) is 0 Å². The van der Waals surface area contributed by atoms with E-state index in [0.29, 0.717) is 32.5 Å². The Hall–Kier alpha value is -1.88. The van der Waals surface area contributed by atoms with Crippen LogP contribution >= 0.6 is 0 Å². The Labute approximate surface area is 130 Å². The Kier molecular flexibility index (Phi) is 5.19. The summed E-state index contributed by atoms with van der Waals surface area (Å²) in [7, 11) is 1.64. The molecule has 1 saturated heterocycles. The summed E-state index contributed by atoms with van der Waals surface area (Å²) in [5.74, 6) is -0.839. The first kappa shape index (κ1) is 16.5. The van der Waals surface area contributed by atoms with Crippen LogP contribution in [0, 0.1) is 5.41 Å². The van der Waals surface area contributed by atoms with Crippen LogP contribution in [0.5, 0.6) is 0 Å². The summed E-state index contributed by atoms with van der Waals surface area (Å²) in [5.41, 5.74) is 1.13. The van der Waals surface area contributed by atoms with Crippen LogP contribution in [0.2, 0.25) is 0 Å². The van der Waals surface area contributed by atoms with Crippen LogP contribution < -0.4 is 0 Å². The van der Waals surface area contributed by atoms with Crippen molar-refractivity contribution in [3.63, 3.8) is 0 Å². The van der Waals surface area contributed by atoms with Crippen molar-refractivity contribution in [1.29, 1.82) is 0 Å². The standard InChI is InChI=1S/C17H23NO4/c1-17(16(20)21)7-4-8-18(12-17)15(19)10-13-5-3-6-14(9-13)11-22-2/h3,5-6,9H,4,7-8,10-12H2,1-2H3,(H,20,21). The first-order chi connectivity index (χ1) is 10.4. The van der Waals surface area contributed by atoms with Crippen molar-refractivity contribution in [2.24, 2.45) is 5.41 Å². The van der Waals surface area contributed by atoms with Gasteiger partial charge in [0.05, 0.1) is 18.4 Å². The van der Waals surface area contributed by atoms with E-state index in [1.807, 2.05) is 24.3 Å². The Bertz CT molecular complexity index is 557. The molecular weight excluding hydrogens is 282 g/mol. The van der Waals surface area contributed by atoms with Crippen molar-refractivity contribution in [2.45, 2.75) is 32.8 Å². The molecule has 1 fully saturated rings. The van der Waals surface area contributed by atoms with E-state index < -0.39 is 11.4 Å². The molecule has 0 saturated carbocycles. The molecule has 1 aromatic carbocycles. The van der Waals surface area contributed by atoms with Gasteiger partial charge in [-0.2, -0.15) is 0 Å². The predicted octanol–water partition coefficient (Wildman–Crippen LogP) is 2.09. The Morgan fingerprint density at radius 1 is 1.36 bits per heavy atom. The van der Waals surface area contributed by atoms with Gasteiger partial charge in [0.25, 0.3) is 0 Å². The molecule has 1 aliphatic heterocycles. The van der Waals surface area contributed by atoms with Gasteiger partial charge in [-0.3, -0.25) is 9.59 Å². The second-order valence-corrected chi connectivity index (χ2v) is 6.21. The Morgan fingerprint density at radius 3 is 2.77 bits per heavy atom. The number of ether oxygens (including phenoxy) is 1. The number of methoxy groups -OCH3 is 1. The summed E-state index contributed by atoms with van der Waals surface area (Å²) < 4.78 is 5.10. The zero-order valence-corrected chi connectivity index (χ0v) is 13.2. The second kappa shape index (κ2) is 6.92. The fourth-order valence-corrected chi connectivity index (χ4v) is 2.91. The van der Waals surface area contributed by atoms with Crippen molar-refractivity contribution in [2.75, 3.05) is 20.2 Å². The molecule has 0 aliphatic carbocycles. The fraction of sp³-hybridized carbons (Fsp3) is 0.529. The molecule has 22 heavy (non-hydrogen) atoms. The number of carbonyl (C=O) groups excluding carboxylic acids is 1. The summed E-state index contributed by atoms with van der Waals surface area (Å²) in [6, 6.07) is 7.74. The third-order valence-electron chi connectivity index (χ3n) is 4.22. The molecule has 1 amide bonds. The van der Waals surface area contributed by atoms with Crippen molar-refractivity contribution >= 4 is 11.9 Å². The first-order valence-electron chi connectivity index (χ1n) is 7.52. The van der Waals surface area contributed by atoms with Crippen LogP contribution in [0.4, 0.5) is 0 Å². The topological polar surface area (TPSA) is 66.8 Å². The zero-order chi connectivity index (χ0) is 16.2. The van der Waals surface area contributed by atoms with Gasteiger partial charge in [-0.05, 0) is 30.9 Å². The molecule has 0 radical (unpaired) electrons. The van der Waals surface area contributed by atoms with E-state index in [0.717, 1.165) is 17.5 Å². The maximum Gasteiger partial charge on any atom is 0.311 e. The normalized spacial score (nSPS) is 21.6. The molecule has 2 rings (SSSR count). The van der Waals surface area contributed by atoms with Gasteiger partial charge in [0, 0.05) is 20.2 Å². The summed E-state index contributed by atoms with van der Waals surface area (Å²) >= 11 is 0. The number of hydrogen-bond acceptors (Lipinski definition) is 3. The predicted molar refractivity (Wildman–Crippen MR) is 82.4 cm³/mol. The Morgan fingerprint density at radius 2 is 2.09 bits per heavy atom. The number of hydrogen-bond donors (Lipinski definition) is 1. The average molecular weight is 305 g/mol. The molecule has 120 valence electrons. The van der Waals surface area contributed by atoms with E-state index in [2.05, 4.69) is 0 Å². The molecule has 5 heteroatoms. The molecule has 0 spiro atoms. The van der Waals surface area contributed by atoms with E-state index in [9.17, 15) is 14.7 Å². The molecule has 1 aromatic rings. The minimum absolute atomic E-state index is 0.0123. The number of carboxylic acid groups (broad SMARTS) is 1. The maximum absolute atomic E-state index is 12.4. The number of benzene rings is 1. The maximum atomic E-state index is 12.4. The van der Waals surface area contributed by atoms with Gasteiger partial charge in [0.15, 0.2) is 0 Å². The van der Waals surface area contributed by atoms with Gasteiger partial charge in [0.1, 0.15) is 0 Å². The number of carboxylic acids is 1. The molecule has 1 aliphatic rings. The van der Waals surface area contributed by atoms with Crippen LogP contribution in [-0.4, -0.2) is 42.1 Å². The van der Waals surface area contributed by atoms with Gasteiger partial charge >= 0.3 is 5.97 Å². The number of rotatable bonds is 5. The molecule has 1 N–H and O–H groups in total. The fourth-order valence-electron chi connectivity index (χ4n) is 2.91. The average Bonchev–Trinajstić information content (AvgIpc) is 2.48. The number of nitrogens with zero attached hydrogens (tertiary/aromatic N) is 1. The zero-order valence-electron chi connectivity index (χ0n) is 13.2. The summed E-state index contributed by atoms with van der Waals surface area (Å²) in [6.45, 7) is 3.16. The number of carbonyl (C=O) groups is 2. The minimum atomic E-state index is -0.828. The van der Waals surface area contributed by atoms with Crippen molar-refractivity contribution in [3.8, 4) is 0 Å². The molecule has 1 atom stereocenters. The summed E-state index contributed by atoms with van der Waals surface area (Å²) in [4.78, 5) is 25.5. The summed E-state index contributed by atoms with van der Waals surface area (Å²) in [5, 5.41) is 9.33. The largest absolute Gasteiger partial charge is 0.481 e. The van der Waals surface area contributed by atoms with Crippen molar-refractivity contribution < 1.29 is 19.4 Å². The molecular formula is C17H23NO4. The van der Waals surface area contributed by atoms with Gasteiger partial charge < -0.3 is 14.7 Å². The molecule has 1 unspecified atom stereocenters. The lowest BCUT2D eigenvalue weighted by molar-refractivity contribution is -0.153. The van der Waals surface area contributed by atoms with Gasteiger partial charge in [0.2, 0.25) is 5.91 Å². The van der Waals surface area contributed by atoms with Crippen LogP contribution in [0.1, 0.15) is 30.9 Å². The highest BCUT2D eigenvalue weighted by Crippen LogP contribution is 2.30. The second-order valence-electron chi connectivity index (χ2n) is 6.21. The highest BCUT2D eigenvalue weighted by atomic mass is 16.5. The van der Waals surface area contributed by atoms with Crippen LogP contribution in [-0.2, 0) is 27.4 Å². The lowest BCUT2D eigenvalue weighted by atomic mass is 9.82. The van der Waals surface area contributed by atoms with Crippen LogP contribution in [0.25, 0.3) is 0 Å². The van der Waals surface area contributed by atoms with Crippen LogP contribution in [0.3, 0.4) is 0 Å². The third kappa shape index (κ3) is 3.85. The smallest absolute Gasteiger partial charge is 0.311 e. The van der Waals surface area contributed by atoms with Gasteiger partial charge in [-0.15, -0.1) is 0 Å². The first-order valence-corrected chi connectivity index (χ1v) is 7.52. The molecule has 0 aromatic heterocycles. The minimum Gasteiger partial charge on any atom is -0.481 e. The summed E-state index contributed by atoms with van der Waals surface area (Å²) in [6.07, 6.45) is 1.65. The molecule has 1 heterocycles. The van der Waals surface area contributed by atoms with E-state index >= 15 is 0 Å². The van der Waals surface area contributed by atoms with Gasteiger partial charge in [-0.25, -0.2) is 0 Å². The highest BCUT2D eigenvalue weighted by Gasteiger charge is 2.39. The SMILES string of the molecule is COCc1cccc(CC(=O)N2CCCC(C)(C(=O)O)C2)c1. The van der Waals surface area contributed by atoms with Crippen LogP contribution in [0.15, 0.2) is 24.3 Å².